The number of rotatable bonds is 8. The van der Waals surface area contributed by atoms with E-state index >= 15 is 0 Å². The third kappa shape index (κ3) is 4.59. The Morgan fingerprint density at radius 3 is 2.40 bits per heavy atom. The molecule has 1 rings (SSSR count). The van der Waals surface area contributed by atoms with Crippen molar-refractivity contribution < 1.29 is 23.1 Å². The van der Waals surface area contributed by atoms with Gasteiger partial charge in [-0.3, -0.25) is 0 Å². The fraction of sp³-hybridized carbons (Fsp3) is 0.462. The van der Waals surface area contributed by atoms with Gasteiger partial charge in [-0.2, -0.15) is 0 Å². The molecule has 1 aromatic rings. The summed E-state index contributed by atoms with van der Waals surface area (Å²) < 4.78 is 31.9. The number of sulfonamides is 1. The van der Waals surface area contributed by atoms with Crippen LogP contribution < -0.4 is 4.72 Å². The topological polar surface area (TPSA) is 92.7 Å². The average Bonchev–Trinajstić information content (AvgIpc) is 2.39. The van der Waals surface area contributed by atoms with Crippen LogP contribution in [0.4, 0.5) is 0 Å². The van der Waals surface area contributed by atoms with Crippen molar-refractivity contribution in [1.29, 1.82) is 0 Å². The van der Waals surface area contributed by atoms with Crippen molar-refractivity contribution in [3.63, 3.8) is 0 Å². The Morgan fingerprint density at radius 1 is 1.35 bits per heavy atom. The summed E-state index contributed by atoms with van der Waals surface area (Å²) in [6, 6.07) is 4.79. The van der Waals surface area contributed by atoms with Crippen molar-refractivity contribution >= 4 is 16.0 Å². The van der Waals surface area contributed by atoms with Crippen LogP contribution in [0.3, 0.4) is 0 Å². The van der Waals surface area contributed by atoms with Crippen molar-refractivity contribution in [1.82, 2.24) is 4.72 Å². The fourth-order valence-electron chi connectivity index (χ4n) is 1.79. The lowest BCUT2D eigenvalue weighted by atomic mass is 10.2. The number of carboxylic acid groups (broad SMARTS) is 1. The summed E-state index contributed by atoms with van der Waals surface area (Å²) in [5, 5.41) is 8.78. The van der Waals surface area contributed by atoms with Crippen LogP contribution in [0.1, 0.15) is 30.1 Å². The maximum atomic E-state index is 12.2. The quantitative estimate of drug-likeness (QED) is 0.758. The normalized spacial score (nSPS) is 13.1. The van der Waals surface area contributed by atoms with Crippen molar-refractivity contribution in [3.05, 3.63) is 29.8 Å². The molecule has 0 aromatic heterocycles. The molecular weight excluding hydrogens is 282 g/mol. The van der Waals surface area contributed by atoms with E-state index in [0.29, 0.717) is 13.0 Å². The number of methoxy groups -OCH3 is 1. The van der Waals surface area contributed by atoms with Gasteiger partial charge in [0.25, 0.3) is 0 Å². The van der Waals surface area contributed by atoms with Crippen LogP contribution in [0.25, 0.3) is 0 Å². The van der Waals surface area contributed by atoms with E-state index in [-0.39, 0.29) is 16.5 Å². The molecule has 7 heteroatoms. The molecule has 1 aromatic carbocycles. The molecular formula is C13H19NO5S. The third-order valence-corrected chi connectivity index (χ3v) is 4.27. The zero-order valence-corrected chi connectivity index (χ0v) is 12.3. The lowest BCUT2D eigenvalue weighted by Gasteiger charge is -2.17. The van der Waals surface area contributed by atoms with Gasteiger partial charge in [-0.1, -0.05) is 13.3 Å². The summed E-state index contributed by atoms with van der Waals surface area (Å²) in [5.41, 5.74) is 0.0472. The van der Waals surface area contributed by atoms with E-state index in [1.807, 2.05) is 6.92 Å². The molecule has 0 spiro atoms. The summed E-state index contributed by atoms with van der Waals surface area (Å²) in [6.07, 6.45) is 1.49. The van der Waals surface area contributed by atoms with Gasteiger partial charge < -0.3 is 9.84 Å². The largest absolute Gasteiger partial charge is 0.478 e. The number of hydrogen-bond acceptors (Lipinski definition) is 4. The molecule has 0 radical (unpaired) electrons. The maximum absolute atomic E-state index is 12.2. The van der Waals surface area contributed by atoms with E-state index in [2.05, 4.69) is 4.72 Å². The van der Waals surface area contributed by atoms with Crippen molar-refractivity contribution in [3.8, 4) is 0 Å². The molecule has 0 aliphatic heterocycles. The first-order chi connectivity index (χ1) is 9.40. The fourth-order valence-corrected chi connectivity index (χ4v) is 3.05. The predicted octanol–water partition coefficient (Wildman–Crippen LogP) is 1.48. The maximum Gasteiger partial charge on any atom is 0.335 e. The molecule has 1 atom stereocenters. The minimum atomic E-state index is -3.67. The lowest BCUT2D eigenvalue weighted by Crippen LogP contribution is -2.37. The molecule has 1 unspecified atom stereocenters. The number of hydrogen-bond donors (Lipinski definition) is 2. The molecule has 112 valence electrons. The minimum Gasteiger partial charge on any atom is -0.478 e. The van der Waals surface area contributed by atoms with Crippen LogP contribution in [0.5, 0.6) is 0 Å². The zero-order chi connectivity index (χ0) is 15.2. The molecule has 20 heavy (non-hydrogen) atoms. The number of benzene rings is 1. The van der Waals surface area contributed by atoms with Crippen molar-refractivity contribution in [2.45, 2.75) is 30.7 Å². The van der Waals surface area contributed by atoms with Gasteiger partial charge in [-0.15, -0.1) is 0 Å². The van der Waals surface area contributed by atoms with Gasteiger partial charge >= 0.3 is 5.97 Å². The Hall–Kier alpha value is -1.44. The highest BCUT2D eigenvalue weighted by atomic mass is 32.2. The smallest absolute Gasteiger partial charge is 0.335 e. The summed E-state index contributed by atoms with van der Waals surface area (Å²) in [6.45, 7) is 2.25. The van der Waals surface area contributed by atoms with Gasteiger partial charge in [-0.25, -0.2) is 17.9 Å². The molecule has 0 saturated heterocycles. The van der Waals surface area contributed by atoms with Gasteiger partial charge in [-0.05, 0) is 30.7 Å². The zero-order valence-electron chi connectivity index (χ0n) is 11.5. The highest BCUT2D eigenvalue weighted by Crippen LogP contribution is 2.12. The van der Waals surface area contributed by atoms with Crippen LogP contribution in [-0.2, 0) is 14.8 Å². The first-order valence-electron chi connectivity index (χ1n) is 6.25. The summed E-state index contributed by atoms with van der Waals surface area (Å²) >= 11 is 0. The Labute approximate surface area is 118 Å². The second-order valence-electron chi connectivity index (χ2n) is 4.39. The van der Waals surface area contributed by atoms with Gasteiger partial charge in [0.15, 0.2) is 0 Å². The average molecular weight is 301 g/mol. The minimum absolute atomic E-state index is 0.0414. The van der Waals surface area contributed by atoms with Crippen molar-refractivity contribution in [2.75, 3.05) is 13.7 Å². The van der Waals surface area contributed by atoms with Crippen molar-refractivity contribution in [2.24, 2.45) is 0 Å². The van der Waals surface area contributed by atoms with Crippen LogP contribution >= 0.6 is 0 Å². The van der Waals surface area contributed by atoms with Crippen LogP contribution in [0.2, 0.25) is 0 Å². The van der Waals surface area contributed by atoms with Gasteiger partial charge in [0.1, 0.15) is 0 Å². The predicted molar refractivity (Wildman–Crippen MR) is 74.3 cm³/mol. The molecule has 0 fully saturated rings. The SMILES string of the molecule is CCCC(COC)NS(=O)(=O)c1ccc(C(=O)O)cc1. The summed E-state index contributed by atoms with van der Waals surface area (Å²) in [7, 11) is -2.16. The summed E-state index contributed by atoms with van der Waals surface area (Å²) in [5.74, 6) is -1.09. The number of aromatic carboxylic acids is 1. The molecule has 0 aliphatic rings. The molecule has 6 nitrogen and oxygen atoms in total. The van der Waals surface area contributed by atoms with Crippen LogP contribution in [0.15, 0.2) is 29.2 Å². The second-order valence-corrected chi connectivity index (χ2v) is 6.11. The first kappa shape index (κ1) is 16.6. The monoisotopic (exact) mass is 301 g/mol. The molecule has 0 bridgehead atoms. The molecule has 0 aliphatic carbocycles. The lowest BCUT2D eigenvalue weighted by molar-refractivity contribution is 0.0696. The van der Waals surface area contributed by atoms with Gasteiger partial charge in [0.2, 0.25) is 10.0 Å². The second kappa shape index (κ2) is 7.37. The van der Waals surface area contributed by atoms with Gasteiger partial charge in [0, 0.05) is 13.2 Å². The number of carbonyl (C=O) groups is 1. The van der Waals surface area contributed by atoms with Crippen LogP contribution in [-0.4, -0.2) is 39.3 Å². The molecule has 0 saturated carbocycles. The highest BCUT2D eigenvalue weighted by Gasteiger charge is 2.19. The van der Waals surface area contributed by atoms with E-state index in [9.17, 15) is 13.2 Å². The Balaban J connectivity index is 2.89. The number of carboxylic acids is 1. The Kier molecular flexibility index (Phi) is 6.12. The molecule has 0 heterocycles. The Bertz CT molecular complexity index is 532. The van der Waals surface area contributed by atoms with E-state index in [4.69, 9.17) is 9.84 Å². The van der Waals surface area contributed by atoms with E-state index in [1.54, 1.807) is 0 Å². The third-order valence-electron chi connectivity index (χ3n) is 2.74. The molecule has 2 N–H and O–H groups in total. The van der Waals surface area contributed by atoms with Gasteiger partial charge in [0.05, 0.1) is 17.1 Å². The number of nitrogens with one attached hydrogen (secondary N) is 1. The number of ether oxygens (including phenoxy) is 1. The summed E-state index contributed by atoms with van der Waals surface area (Å²) in [4.78, 5) is 10.8. The molecule has 0 amide bonds. The van der Waals surface area contributed by atoms with E-state index in [1.165, 1.54) is 31.4 Å². The van der Waals surface area contributed by atoms with E-state index in [0.717, 1.165) is 6.42 Å². The Morgan fingerprint density at radius 2 is 1.95 bits per heavy atom. The van der Waals surface area contributed by atoms with E-state index < -0.39 is 16.0 Å². The first-order valence-corrected chi connectivity index (χ1v) is 7.73. The highest BCUT2D eigenvalue weighted by molar-refractivity contribution is 7.89. The van der Waals surface area contributed by atoms with Crippen LogP contribution in [0, 0.1) is 0 Å². The standard InChI is InChI=1S/C13H19NO5S/c1-3-4-11(9-19-2)14-20(17,18)12-7-5-10(6-8-12)13(15)16/h5-8,11,14H,3-4,9H2,1-2H3,(H,15,16).